The van der Waals surface area contributed by atoms with Crippen LogP contribution < -0.4 is 53.6 Å². The number of carboxylic acid groups (broad SMARTS) is 1. The fourth-order valence-electron chi connectivity index (χ4n) is 6.96. The molecule has 356 valence electrons. The lowest BCUT2D eigenvalue weighted by Gasteiger charge is -2.26. The highest BCUT2D eigenvalue weighted by atomic mass is 16.4. The van der Waals surface area contributed by atoms with Crippen LogP contribution in [-0.4, -0.2) is 162 Å². The van der Waals surface area contributed by atoms with Crippen LogP contribution in [0.15, 0.2) is 0 Å². The summed E-state index contributed by atoms with van der Waals surface area (Å²) in [6.45, 7) is 9.41. The van der Waals surface area contributed by atoms with Crippen molar-refractivity contribution in [3.05, 3.63) is 0 Å². The van der Waals surface area contributed by atoms with Crippen molar-refractivity contribution in [2.75, 3.05) is 39.3 Å². The van der Waals surface area contributed by atoms with Crippen molar-refractivity contribution in [3.63, 3.8) is 0 Å². The van der Waals surface area contributed by atoms with Crippen LogP contribution in [0.2, 0.25) is 0 Å². The SMILES string of the molecule is CC(C)C[C@H](NC(=O)CNC(=O)[C@H](CC(C)C)NC(=O)[C@H](C)NC(=O)CNC(=O)[C@@H]1C[C@@H](O)CN1)C(=O)N[C@@H](C)C(=O)NCC(=O)N1CCC[C@H]1C(=O)N[C@@H](CCCCN)C(=O)O. The number of unbranched alkanes of at least 4 members (excludes halogenated alkanes) is 1. The zero-order chi connectivity index (χ0) is 47.4. The van der Waals surface area contributed by atoms with Crippen LogP contribution in [0.1, 0.15) is 92.9 Å². The molecule has 0 unspecified atom stereocenters. The smallest absolute Gasteiger partial charge is 0.326 e. The number of aliphatic carboxylic acids is 1. The zero-order valence-corrected chi connectivity index (χ0v) is 37.2. The summed E-state index contributed by atoms with van der Waals surface area (Å²) in [5.74, 6) is -7.24. The first-order valence-electron chi connectivity index (χ1n) is 21.6. The fraction of sp³-hybridized carbons (Fsp3) is 0.750. The van der Waals surface area contributed by atoms with E-state index in [0.29, 0.717) is 32.2 Å². The number of nitrogens with one attached hydrogen (secondary N) is 9. The Hall–Kier alpha value is -5.42. The highest BCUT2D eigenvalue weighted by Gasteiger charge is 2.36. The van der Waals surface area contributed by atoms with E-state index in [1.165, 1.54) is 18.7 Å². The van der Waals surface area contributed by atoms with E-state index >= 15 is 0 Å². The van der Waals surface area contributed by atoms with E-state index in [-0.39, 0.29) is 50.6 Å². The Kier molecular flexibility index (Phi) is 23.0. The number of likely N-dealkylation sites (tertiary alicyclic amines) is 1. The highest BCUT2D eigenvalue weighted by molar-refractivity contribution is 5.97. The second kappa shape index (κ2) is 26.9. The predicted octanol–water partition coefficient (Wildman–Crippen LogP) is -4.18. The third-order valence-corrected chi connectivity index (χ3v) is 10.3. The normalized spacial score (nSPS) is 19.5. The van der Waals surface area contributed by atoms with Crippen molar-refractivity contribution in [2.45, 2.75) is 141 Å². The van der Waals surface area contributed by atoms with Crippen LogP contribution >= 0.6 is 0 Å². The van der Waals surface area contributed by atoms with E-state index in [1.54, 1.807) is 0 Å². The monoisotopic (exact) mass is 896 g/mol. The number of hydrogen-bond acceptors (Lipinski definition) is 13. The van der Waals surface area contributed by atoms with Gasteiger partial charge in [0.2, 0.25) is 53.2 Å². The Morgan fingerprint density at radius 2 is 1.25 bits per heavy atom. The minimum Gasteiger partial charge on any atom is -0.480 e. The van der Waals surface area contributed by atoms with Crippen molar-refractivity contribution in [1.82, 2.24) is 52.8 Å². The molecule has 8 atom stereocenters. The van der Waals surface area contributed by atoms with E-state index in [1.807, 2.05) is 27.7 Å². The van der Waals surface area contributed by atoms with Crippen molar-refractivity contribution >= 4 is 59.1 Å². The summed E-state index contributed by atoms with van der Waals surface area (Å²) in [5, 5.41) is 41.9. The summed E-state index contributed by atoms with van der Waals surface area (Å²) in [5.41, 5.74) is 5.48. The molecule has 0 radical (unpaired) electrons. The molecular weight excluding hydrogens is 827 g/mol. The van der Waals surface area contributed by atoms with E-state index in [0.717, 1.165) is 0 Å². The molecule has 2 aliphatic rings. The number of carbonyl (C=O) groups is 10. The Labute approximate surface area is 367 Å². The maximum atomic E-state index is 13.3. The van der Waals surface area contributed by atoms with Crippen LogP contribution in [0, 0.1) is 11.8 Å². The summed E-state index contributed by atoms with van der Waals surface area (Å²) in [6.07, 6.45) is 1.95. The number of carboxylic acids is 1. The summed E-state index contributed by atoms with van der Waals surface area (Å²) in [6, 6.07) is -7.17. The van der Waals surface area contributed by atoms with E-state index < -0.39 is 127 Å². The third-order valence-electron chi connectivity index (χ3n) is 10.3. The van der Waals surface area contributed by atoms with Gasteiger partial charge < -0.3 is 68.7 Å². The van der Waals surface area contributed by atoms with Gasteiger partial charge in [-0.05, 0) is 83.6 Å². The average molecular weight is 896 g/mol. The molecule has 63 heavy (non-hydrogen) atoms. The van der Waals surface area contributed by atoms with Crippen molar-refractivity contribution in [3.8, 4) is 0 Å². The van der Waals surface area contributed by atoms with Gasteiger partial charge in [0.05, 0.1) is 31.8 Å². The number of β-amino-alcohol motifs (C(OH)–C–C–N with tert-alkyl or cyclic N) is 1. The lowest BCUT2D eigenvalue weighted by Crippen LogP contribution is -2.56. The van der Waals surface area contributed by atoms with Crippen molar-refractivity contribution in [2.24, 2.45) is 17.6 Å². The lowest BCUT2D eigenvalue weighted by atomic mass is 10.0. The first-order valence-corrected chi connectivity index (χ1v) is 21.6. The molecule has 0 aromatic carbocycles. The molecule has 0 saturated carbocycles. The van der Waals surface area contributed by atoms with Crippen LogP contribution in [0.5, 0.6) is 0 Å². The summed E-state index contributed by atoms with van der Waals surface area (Å²) >= 11 is 0. The molecule has 9 amide bonds. The molecule has 23 heteroatoms. The molecule has 2 saturated heterocycles. The second-order valence-electron chi connectivity index (χ2n) is 16.9. The molecule has 2 fully saturated rings. The Morgan fingerprint density at radius 3 is 1.84 bits per heavy atom. The molecule has 2 aliphatic heterocycles. The minimum absolute atomic E-state index is 0.0759. The summed E-state index contributed by atoms with van der Waals surface area (Å²) in [4.78, 5) is 129. The molecular formula is C40H69N11O12. The molecule has 13 N–H and O–H groups in total. The van der Waals surface area contributed by atoms with Gasteiger partial charge in [0.15, 0.2) is 0 Å². The predicted molar refractivity (Wildman–Crippen MR) is 227 cm³/mol. The quantitative estimate of drug-likeness (QED) is 0.0367. The molecule has 0 aromatic rings. The van der Waals surface area contributed by atoms with E-state index in [2.05, 4.69) is 47.9 Å². The number of nitrogens with zero attached hydrogens (tertiary/aromatic N) is 1. The molecule has 0 aliphatic carbocycles. The number of amides is 9. The van der Waals surface area contributed by atoms with Crippen molar-refractivity contribution < 1.29 is 58.2 Å². The number of aliphatic hydroxyl groups excluding tert-OH is 1. The van der Waals surface area contributed by atoms with Crippen LogP contribution in [0.4, 0.5) is 0 Å². The molecule has 23 nitrogen and oxygen atoms in total. The van der Waals surface area contributed by atoms with Gasteiger partial charge in [-0.25, -0.2) is 4.79 Å². The first kappa shape index (κ1) is 53.7. The van der Waals surface area contributed by atoms with Crippen LogP contribution in [0.3, 0.4) is 0 Å². The van der Waals surface area contributed by atoms with Gasteiger partial charge in [0, 0.05) is 13.1 Å². The average Bonchev–Trinajstić information content (AvgIpc) is 3.89. The number of carbonyl (C=O) groups excluding carboxylic acids is 9. The topological polar surface area (TPSA) is 349 Å². The van der Waals surface area contributed by atoms with Gasteiger partial charge in [0.1, 0.15) is 36.3 Å². The fourth-order valence-corrected chi connectivity index (χ4v) is 6.96. The van der Waals surface area contributed by atoms with Crippen LogP contribution in [-0.2, 0) is 47.9 Å². The minimum atomic E-state index is -1.20. The Bertz CT molecular complexity index is 1630. The maximum Gasteiger partial charge on any atom is 0.326 e. The molecule has 0 bridgehead atoms. The Morgan fingerprint density at radius 1 is 0.667 bits per heavy atom. The van der Waals surface area contributed by atoms with Gasteiger partial charge in [-0.3, -0.25) is 43.2 Å². The molecule has 0 spiro atoms. The maximum absolute atomic E-state index is 13.3. The lowest BCUT2D eigenvalue weighted by molar-refractivity contribution is -0.144. The largest absolute Gasteiger partial charge is 0.480 e. The van der Waals surface area contributed by atoms with Crippen molar-refractivity contribution in [1.29, 1.82) is 0 Å². The third kappa shape index (κ3) is 19.2. The van der Waals surface area contributed by atoms with Gasteiger partial charge in [0.25, 0.3) is 0 Å². The molecule has 0 aromatic heterocycles. The first-order chi connectivity index (χ1) is 29.6. The van der Waals surface area contributed by atoms with E-state index in [9.17, 15) is 58.2 Å². The summed E-state index contributed by atoms with van der Waals surface area (Å²) < 4.78 is 0. The number of nitrogens with two attached hydrogens (primary N) is 1. The molecule has 2 rings (SSSR count). The van der Waals surface area contributed by atoms with Gasteiger partial charge in [-0.2, -0.15) is 0 Å². The molecule has 2 heterocycles. The number of hydrogen-bond donors (Lipinski definition) is 12. The van der Waals surface area contributed by atoms with Gasteiger partial charge in [-0.1, -0.05) is 27.7 Å². The Balaban J connectivity index is 1.89. The number of rotatable bonds is 26. The van der Waals surface area contributed by atoms with E-state index in [4.69, 9.17) is 5.73 Å². The summed E-state index contributed by atoms with van der Waals surface area (Å²) in [7, 11) is 0. The van der Waals surface area contributed by atoms with Gasteiger partial charge in [-0.15, -0.1) is 0 Å². The van der Waals surface area contributed by atoms with Crippen LogP contribution in [0.25, 0.3) is 0 Å². The number of aliphatic hydroxyl groups is 1. The highest BCUT2D eigenvalue weighted by Crippen LogP contribution is 2.18. The van der Waals surface area contributed by atoms with Gasteiger partial charge >= 0.3 is 5.97 Å². The standard InChI is InChI=1S/C40H69N11O12/c1-21(2)14-28(50-35(57)24(6)46-31(53)18-43-36(58)27-16-25(52)17-42-27)37(59)44-19-32(54)48-29(15-22(3)4)38(60)47-23(5)34(56)45-20-33(55)51-13-9-11-30(51)39(61)49-26(40(62)63)10-7-8-12-41/h21-30,42,52H,7-20,41H2,1-6H3,(H,43,58)(H,44,59)(H,45,56)(H,46,53)(H,47,60)(H,48,54)(H,49,61)(H,50,57)(H,62,63)/t23-,24-,25+,26-,27-,28-,29-,30-/m0/s1. The zero-order valence-electron chi connectivity index (χ0n) is 37.2. The second-order valence-corrected chi connectivity index (χ2v) is 16.9.